The van der Waals surface area contributed by atoms with E-state index in [1.807, 2.05) is 15.8 Å². The summed E-state index contributed by atoms with van der Waals surface area (Å²) >= 11 is 0. The number of carbonyl (C=O) groups is 1. The van der Waals surface area contributed by atoms with Crippen LogP contribution in [0.2, 0.25) is 0 Å². The molecule has 1 aliphatic rings. The molecule has 0 aromatic carbocycles. The summed E-state index contributed by atoms with van der Waals surface area (Å²) < 4.78 is 1.97. The summed E-state index contributed by atoms with van der Waals surface area (Å²) in [6.45, 7) is 7.88. The number of rotatable bonds is 7. The number of aryl methyl sites for hydroxylation is 1. The van der Waals surface area contributed by atoms with Gasteiger partial charge in [0, 0.05) is 31.7 Å². The second kappa shape index (κ2) is 6.70. The highest BCUT2D eigenvalue weighted by Gasteiger charge is 2.18. The molecule has 1 aromatic heterocycles. The van der Waals surface area contributed by atoms with Gasteiger partial charge in [-0.05, 0) is 38.8 Å². The Bertz CT molecular complexity index is 415. The third-order valence-corrected chi connectivity index (χ3v) is 3.49. The van der Waals surface area contributed by atoms with Crippen molar-refractivity contribution in [2.24, 2.45) is 0 Å². The lowest BCUT2D eigenvalue weighted by Gasteiger charge is -2.17. The van der Waals surface area contributed by atoms with Crippen LogP contribution in [0.5, 0.6) is 0 Å². The lowest BCUT2D eigenvalue weighted by Crippen LogP contribution is -2.34. The lowest BCUT2D eigenvalue weighted by atomic mass is 10.3. The van der Waals surface area contributed by atoms with E-state index in [-0.39, 0.29) is 0 Å². The van der Waals surface area contributed by atoms with E-state index in [2.05, 4.69) is 30.5 Å². The molecule has 2 rings (SSSR count). The van der Waals surface area contributed by atoms with Crippen molar-refractivity contribution in [2.45, 2.75) is 45.7 Å². The quantitative estimate of drug-likeness (QED) is 0.752. The maximum atomic E-state index is 11.4. The third kappa shape index (κ3) is 4.35. The molecule has 1 fully saturated rings. The Morgan fingerprint density at radius 2 is 2.37 bits per heavy atom. The highest BCUT2D eigenvalue weighted by Crippen LogP contribution is 2.09. The summed E-state index contributed by atoms with van der Waals surface area (Å²) in [5.74, 6) is 0.320. The van der Waals surface area contributed by atoms with Gasteiger partial charge in [-0.2, -0.15) is 5.10 Å². The molecule has 0 radical (unpaired) electrons. The van der Waals surface area contributed by atoms with E-state index in [0.717, 1.165) is 45.4 Å². The van der Waals surface area contributed by atoms with Crippen LogP contribution in [-0.4, -0.2) is 46.3 Å². The number of amides is 1. The Morgan fingerprint density at radius 3 is 3.00 bits per heavy atom. The minimum absolute atomic E-state index is 0.320. The summed E-state index contributed by atoms with van der Waals surface area (Å²) in [6, 6.07) is 0.397. The molecule has 1 aliphatic heterocycles. The van der Waals surface area contributed by atoms with E-state index in [4.69, 9.17) is 0 Å². The number of nitrogens with zero attached hydrogens (tertiary/aromatic N) is 3. The largest absolute Gasteiger partial charge is 0.343 e. The fourth-order valence-corrected chi connectivity index (χ4v) is 2.47. The predicted molar refractivity (Wildman–Crippen MR) is 74.9 cm³/mol. The molecule has 1 N–H and O–H groups in total. The van der Waals surface area contributed by atoms with Gasteiger partial charge in [-0.25, -0.2) is 0 Å². The topological polar surface area (TPSA) is 50.2 Å². The number of likely N-dealkylation sites (tertiary alicyclic amines) is 1. The first-order chi connectivity index (χ1) is 9.15. The van der Waals surface area contributed by atoms with Crippen LogP contribution in [0.3, 0.4) is 0 Å². The Morgan fingerprint density at radius 1 is 1.53 bits per heavy atom. The van der Waals surface area contributed by atoms with Crippen molar-refractivity contribution in [3.63, 3.8) is 0 Å². The predicted octanol–water partition coefficient (Wildman–Crippen LogP) is 1.18. The smallest absolute Gasteiger partial charge is 0.222 e. The van der Waals surface area contributed by atoms with Crippen molar-refractivity contribution in [2.75, 3.05) is 19.6 Å². The average Bonchev–Trinajstić information content (AvgIpc) is 2.94. The Hall–Kier alpha value is -1.36. The second-order valence-corrected chi connectivity index (χ2v) is 5.43. The van der Waals surface area contributed by atoms with Gasteiger partial charge in [-0.1, -0.05) is 0 Å². The normalized spacial score (nSPS) is 17.2. The molecular weight excluding hydrogens is 240 g/mol. The van der Waals surface area contributed by atoms with Gasteiger partial charge in [0.1, 0.15) is 0 Å². The maximum Gasteiger partial charge on any atom is 0.222 e. The van der Waals surface area contributed by atoms with Gasteiger partial charge in [0.15, 0.2) is 0 Å². The fraction of sp³-hybridized carbons (Fsp3) is 0.714. The maximum absolute atomic E-state index is 11.4. The van der Waals surface area contributed by atoms with Crippen LogP contribution < -0.4 is 5.32 Å². The number of nitrogens with one attached hydrogen (secondary N) is 1. The minimum Gasteiger partial charge on any atom is -0.343 e. The summed E-state index contributed by atoms with van der Waals surface area (Å²) in [6.07, 6.45) is 6.73. The second-order valence-electron chi connectivity index (χ2n) is 5.43. The molecular formula is C14H24N4O. The van der Waals surface area contributed by atoms with Crippen LogP contribution in [0, 0.1) is 6.92 Å². The number of aromatic nitrogens is 2. The van der Waals surface area contributed by atoms with Crippen LogP contribution >= 0.6 is 0 Å². The molecule has 0 spiro atoms. The van der Waals surface area contributed by atoms with Crippen LogP contribution in [0.25, 0.3) is 0 Å². The zero-order valence-corrected chi connectivity index (χ0v) is 11.9. The van der Waals surface area contributed by atoms with E-state index in [9.17, 15) is 4.79 Å². The SMILES string of the molecule is Cc1cnn(C[C@H](C)NCCCN2CCCC2=O)c1. The number of hydrogen-bond acceptors (Lipinski definition) is 3. The van der Waals surface area contributed by atoms with Gasteiger partial charge < -0.3 is 10.2 Å². The van der Waals surface area contributed by atoms with Gasteiger partial charge in [-0.3, -0.25) is 9.48 Å². The van der Waals surface area contributed by atoms with Crippen LogP contribution in [-0.2, 0) is 11.3 Å². The minimum atomic E-state index is 0.320. The van der Waals surface area contributed by atoms with Crippen molar-refractivity contribution < 1.29 is 4.79 Å². The molecule has 106 valence electrons. The molecule has 5 nitrogen and oxygen atoms in total. The van der Waals surface area contributed by atoms with E-state index < -0.39 is 0 Å². The van der Waals surface area contributed by atoms with Crippen molar-refractivity contribution in [3.05, 3.63) is 18.0 Å². The van der Waals surface area contributed by atoms with Crippen molar-refractivity contribution in [3.8, 4) is 0 Å². The molecule has 0 saturated carbocycles. The average molecular weight is 264 g/mol. The molecule has 1 saturated heterocycles. The highest BCUT2D eigenvalue weighted by atomic mass is 16.2. The van der Waals surface area contributed by atoms with E-state index in [0.29, 0.717) is 11.9 Å². The standard InChI is InChI=1S/C14H24N4O/c1-12-9-16-18(10-12)11-13(2)15-6-4-8-17-7-3-5-14(17)19/h9-10,13,15H,3-8,11H2,1-2H3/t13-/m0/s1. The van der Waals surface area contributed by atoms with Gasteiger partial charge in [0.05, 0.1) is 12.7 Å². The summed E-state index contributed by atoms with van der Waals surface area (Å²) in [4.78, 5) is 13.4. The van der Waals surface area contributed by atoms with Crippen molar-refractivity contribution in [1.29, 1.82) is 0 Å². The molecule has 0 bridgehead atoms. The Kier molecular flexibility index (Phi) is 4.96. The molecule has 19 heavy (non-hydrogen) atoms. The summed E-state index contributed by atoms with van der Waals surface area (Å²) in [5.41, 5.74) is 1.19. The zero-order valence-electron chi connectivity index (χ0n) is 11.9. The van der Waals surface area contributed by atoms with Gasteiger partial charge in [-0.15, -0.1) is 0 Å². The third-order valence-electron chi connectivity index (χ3n) is 3.49. The van der Waals surface area contributed by atoms with E-state index in [1.165, 1.54) is 5.56 Å². The molecule has 0 unspecified atom stereocenters. The lowest BCUT2D eigenvalue weighted by molar-refractivity contribution is -0.127. The molecule has 1 atom stereocenters. The molecule has 1 aromatic rings. The first-order valence-corrected chi connectivity index (χ1v) is 7.15. The fourth-order valence-electron chi connectivity index (χ4n) is 2.47. The van der Waals surface area contributed by atoms with E-state index in [1.54, 1.807) is 0 Å². The van der Waals surface area contributed by atoms with Crippen molar-refractivity contribution >= 4 is 5.91 Å². The molecule has 1 amide bonds. The molecule has 5 heteroatoms. The Balaban J connectivity index is 1.58. The highest BCUT2D eigenvalue weighted by molar-refractivity contribution is 5.77. The Labute approximate surface area is 115 Å². The monoisotopic (exact) mass is 264 g/mol. The first-order valence-electron chi connectivity index (χ1n) is 7.15. The first kappa shape index (κ1) is 14.1. The number of hydrogen-bond donors (Lipinski definition) is 1. The molecule has 0 aliphatic carbocycles. The summed E-state index contributed by atoms with van der Waals surface area (Å²) in [7, 11) is 0. The van der Waals surface area contributed by atoms with Crippen LogP contribution in [0.15, 0.2) is 12.4 Å². The zero-order chi connectivity index (χ0) is 13.7. The number of carbonyl (C=O) groups excluding carboxylic acids is 1. The van der Waals surface area contributed by atoms with Crippen LogP contribution in [0.4, 0.5) is 0 Å². The molecule has 2 heterocycles. The van der Waals surface area contributed by atoms with Gasteiger partial charge in [0.2, 0.25) is 5.91 Å². The van der Waals surface area contributed by atoms with Crippen LogP contribution in [0.1, 0.15) is 31.7 Å². The van der Waals surface area contributed by atoms with Crippen molar-refractivity contribution in [1.82, 2.24) is 20.0 Å². The van der Waals surface area contributed by atoms with E-state index >= 15 is 0 Å². The summed E-state index contributed by atoms with van der Waals surface area (Å²) in [5, 5.41) is 7.76. The van der Waals surface area contributed by atoms with Gasteiger partial charge in [0.25, 0.3) is 0 Å². The van der Waals surface area contributed by atoms with Gasteiger partial charge >= 0.3 is 0 Å².